The predicted octanol–water partition coefficient (Wildman–Crippen LogP) is 2.13. The van der Waals surface area contributed by atoms with Gasteiger partial charge in [-0.15, -0.1) is 0 Å². The van der Waals surface area contributed by atoms with Crippen LogP contribution in [0.4, 0.5) is 10.6 Å². The lowest BCUT2D eigenvalue weighted by Crippen LogP contribution is -2.37. The van der Waals surface area contributed by atoms with E-state index < -0.39 is 11.7 Å². The number of nitrogens with zero attached hydrogens (tertiary/aromatic N) is 2. The molecule has 0 bridgehead atoms. The van der Waals surface area contributed by atoms with Crippen molar-refractivity contribution >= 4 is 11.9 Å². The number of hydrogen-bond acceptors (Lipinski definition) is 5. The molecule has 0 aliphatic heterocycles. The Morgan fingerprint density at radius 1 is 1.39 bits per heavy atom. The zero-order valence-corrected chi connectivity index (χ0v) is 14.6. The van der Waals surface area contributed by atoms with E-state index >= 15 is 0 Å². The Hall–Kier alpha value is -1.60. The standard InChI is InChI=1S/C16H29N5O2/c1-16(2,3)23-15(22)20-14-11(10-19-21(14)4)9-18-13-7-5-12(17)6-8-13/h10,12-13,18H,5-9,17H2,1-4H3,(H,20,22). The monoisotopic (exact) mass is 323 g/mol. The van der Waals surface area contributed by atoms with Crippen molar-refractivity contribution in [2.24, 2.45) is 12.8 Å². The van der Waals surface area contributed by atoms with Crippen LogP contribution in [-0.2, 0) is 18.3 Å². The van der Waals surface area contributed by atoms with E-state index in [0.29, 0.717) is 24.4 Å². The van der Waals surface area contributed by atoms with Gasteiger partial charge in [0.25, 0.3) is 0 Å². The van der Waals surface area contributed by atoms with Gasteiger partial charge in [0.15, 0.2) is 0 Å². The first-order valence-electron chi connectivity index (χ1n) is 8.24. The quantitative estimate of drug-likeness (QED) is 0.789. The summed E-state index contributed by atoms with van der Waals surface area (Å²) < 4.78 is 6.95. The van der Waals surface area contributed by atoms with Gasteiger partial charge in [-0.2, -0.15) is 5.10 Å². The molecule has 1 heterocycles. The summed E-state index contributed by atoms with van der Waals surface area (Å²) in [5.74, 6) is 0.666. The van der Waals surface area contributed by atoms with Crippen LogP contribution in [0.3, 0.4) is 0 Å². The maximum atomic E-state index is 12.0. The molecule has 4 N–H and O–H groups in total. The van der Waals surface area contributed by atoms with Gasteiger partial charge in [-0.05, 0) is 46.5 Å². The highest BCUT2D eigenvalue weighted by atomic mass is 16.6. The smallest absolute Gasteiger partial charge is 0.413 e. The summed E-state index contributed by atoms with van der Waals surface area (Å²) in [6, 6.07) is 0.820. The van der Waals surface area contributed by atoms with Crippen molar-refractivity contribution in [1.82, 2.24) is 15.1 Å². The lowest BCUT2D eigenvalue weighted by atomic mass is 9.92. The van der Waals surface area contributed by atoms with Gasteiger partial charge in [0.05, 0.1) is 6.20 Å². The molecule has 1 saturated carbocycles. The molecule has 0 spiro atoms. The summed E-state index contributed by atoms with van der Waals surface area (Å²) in [6.45, 7) is 6.18. The van der Waals surface area contributed by atoms with Crippen LogP contribution in [0, 0.1) is 0 Å². The molecule has 0 saturated heterocycles. The summed E-state index contributed by atoms with van der Waals surface area (Å²) in [6.07, 6.45) is 5.62. The van der Waals surface area contributed by atoms with Crippen LogP contribution >= 0.6 is 0 Å². The molecular formula is C16H29N5O2. The van der Waals surface area contributed by atoms with E-state index in [-0.39, 0.29) is 0 Å². The van der Waals surface area contributed by atoms with Gasteiger partial charge >= 0.3 is 6.09 Å². The van der Waals surface area contributed by atoms with Crippen LogP contribution < -0.4 is 16.4 Å². The van der Waals surface area contributed by atoms with E-state index in [1.807, 2.05) is 20.8 Å². The molecule has 1 aliphatic rings. The zero-order chi connectivity index (χ0) is 17.0. The maximum Gasteiger partial charge on any atom is 0.413 e. The number of nitrogens with two attached hydrogens (primary N) is 1. The highest BCUT2D eigenvalue weighted by Gasteiger charge is 2.21. The third-order valence-electron chi connectivity index (χ3n) is 3.99. The predicted molar refractivity (Wildman–Crippen MR) is 90.1 cm³/mol. The first kappa shape index (κ1) is 17.7. The number of aryl methyl sites for hydroxylation is 1. The minimum atomic E-state index is -0.526. The minimum Gasteiger partial charge on any atom is -0.444 e. The van der Waals surface area contributed by atoms with Gasteiger partial charge in [-0.25, -0.2) is 4.79 Å². The molecule has 7 nitrogen and oxygen atoms in total. The lowest BCUT2D eigenvalue weighted by Gasteiger charge is -2.27. The summed E-state index contributed by atoms with van der Waals surface area (Å²) in [5, 5.41) is 10.6. The van der Waals surface area contributed by atoms with Crippen molar-refractivity contribution in [3.05, 3.63) is 11.8 Å². The minimum absolute atomic E-state index is 0.343. The summed E-state index contributed by atoms with van der Waals surface area (Å²) in [7, 11) is 1.80. The van der Waals surface area contributed by atoms with Crippen molar-refractivity contribution < 1.29 is 9.53 Å². The molecule has 1 fully saturated rings. The Morgan fingerprint density at radius 2 is 2.04 bits per heavy atom. The van der Waals surface area contributed by atoms with E-state index in [9.17, 15) is 4.79 Å². The molecule has 0 radical (unpaired) electrons. The summed E-state index contributed by atoms with van der Waals surface area (Å²) >= 11 is 0. The van der Waals surface area contributed by atoms with Crippen molar-refractivity contribution in [2.75, 3.05) is 5.32 Å². The Labute approximate surface area is 137 Å². The molecule has 1 aromatic rings. The highest BCUT2D eigenvalue weighted by Crippen LogP contribution is 2.20. The normalized spacial score (nSPS) is 22.0. The van der Waals surface area contributed by atoms with Crippen LogP contribution in [-0.4, -0.2) is 33.6 Å². The topological polar surface area (TPSA) is 94.2 Å². The van der Waals surface area contributed by atoms with E-state index in [2.05, 4.69) is 15.7 Å². The van der Waals surface area contributed by atoms with Gasteiger partial charge in [-0.1, -0.05) is 0 Å². The second kappa shape index (κ2) is 7.31. The summed E-state index contributed by atoms with van der Waals surface area (Å²) in [4.78, 5) is 12.0. The Kier molecular flexibility index (Phi) is 5.64. The third-order valence-corrected chi connectivity index (χ3v) is 3.99. The second-order valence-corrected chi connectivity index (χ2v) is 7.26. The number of carbonyl (C=O) groups is 1. The molecule has 1 aliphatic carbocycles. The lowest BCUT2D eigenvalue weighted by molar-refractivity contribution is 0.0634. The Morgan fingerprint density at radius 3 is 2.65 bits per heavy atom. The maximum absolute atomic E-state index is 12.0. The molecule has 1 amide bonds. The fourth-order valence-electron chi connectivity index (χ4n) is 2.75. The van der Waals surface area contributed by atoms with Crippen molar-refractivity contribution in [1.29, 1.82) is 0 Å². The van der Waals surface area contributed by atoms with Crippen LogP contribution in [0.15, 0.2) is 6.20 Å². The van der Waals surface area contributed by atoms with Crippen LogP contribution in [0.1, 0.15) is 52.0 Å². The molecular weight excluding hydrogens is 294 g/mol. The van der Waals surface area contributed by atoms with Crippen LogP contribution in [0.2, 0.25) is 0 Å². The van der Waals surface area contributed by atoms with Crippen LogP contribution in [0.5, 0.6) is 0 Å². The highest BCUT2D eigenvalue weighted by molar-refractivity contribution is 5.84. The SMILES string of the molecule is Cn1ncc(CNC2CCC(N)CC2)c1NC(=O)OC(C)(C)C. The molecule has 7 heteroatoms. The summed E-state index contributed by atoms with van der Waals surface area (Å²) in [5.41, 5.74) is 6.36. The zero-order valence-electron chi connectivity index (χ0n) is 14.6. The first-order chi connectivity index (χ1) is 10.7. The molecule has 130 valence electrons. The van der Waals surface area contributed by atoms with Crippen molar-refractivity contribution in [2.45, 2.75) is 70.7 Å². The van der Waals surface area contributed by atoms with E-state index in [4.69, 9.17) is 10.5 Å². The molecule has 23 heavy (non-hydrogen) atoms. The van der Waals surface area contributed by atoms with E-state index in [0.717, 1.165) is 31.2 Å². The fraction of sp³-hybridized carbons (Fsp3) is 0.750. The molecule has 2 rings (SSSR count). The van der Waals surface area contributed by atoms with E-state index in [1.54, 1.807) is 17.9 Å². The number of aromatic nitrogens is 2. The van der Waals surface area contributed by atoms with Crippen molar-refractivity contribution in [3.8, 4) is 0 Å². The number of nitrogens with one attached hydrogen (secondary N) is 2. The fourth-order valence-corrected chi connectivity index (χ4v) is 2.75. The number of amides is 1. The average molecular weight is 323 g/mol. The Bertz CT molecular complexity index is 527. The van der Waals surface area contributed by atoms with E-state index in [1.165, 1.54) is 0 Å². The molecule has 0 atom stereocenters. The number of carbonyl (C=O) groups excluding carboxylic acids is 1. The number of rotatable bonds is 4. The van der Waals surface area contributed by atoms with Gasteiger partial charge in [0, 0.05) is 31.2 Å². The third kappa shape index (κ3) is 5.51. The molecule has 0 unspecified atom stereocenters. The first-order valence-corrected chi connectivity index (χ1v) is 8.24. The largest absolute Gasteiger partial charge is 0.444 e. The van der Waals surface area contributed by atoms with Crippen molar-refractivity contribution in [3.63, 3.8) is 0 Å². The van der Waals surface area contributed by atoms with Gasteiger partial charge < -0.3 is 15.8 Å². The van der Waals surface area contributed by atoms with Gasteiger partial charge in [-0.3, -0.25) is 10.00 Å². The number of anilines is 1. The molecule has 0 aromatic carbocycles. The Balaban J connectivity index is 1.91. The van der Waals surface area contributed by atoms with Gasteiger partial charge in [0.2, 0.25) is 0 Å². The van der Waals surface area contributed by atoms with Crippen LogP contribution in [0.25, 0.3) is 0 Å². The number of hydrogen-bond donors (Lipinski definition) is 3. The molecule has 1 aromatic heterocycles. The van der Waals surface area contributed by atoms with Gasteiger partial charge in [0.1, 0.15) is 11.4 Å². The average Bonchev–Trinajstić information content (AvgIpc) is 2.77. The second-order valence-electron chi connectivity index (χ2n) is 7.26. The number of ether oxygens (including phenoxy) is 1.